The van der Waals surface area contributed by atoms with Crippen LogP contribution in [0.5, 0.6) is 0 Å². The average Bonchev–Trinajstić information content (AvgIpc) is 3.18. The number of hydrogen-bond acceptors (Lipinski definition) is 4. The largest absolute Gasteiger partial charge is 0.354 e. The molecule has 4 rings (SSSR count). The van der Waals surface area contributed by atoms with Crippen molar-refractivity contribution in [3.05, 3.63) is 81.2 Å². The molecule has 8 nitrogen and oxygen atoms in total. The molecule has 0 saturated heterocycles. The molecule has 148 valence electrons. The van der Waals surface area contributed by atoms with Gasteiger partial charge in [-0.2, -0.15) is 9.67 Å². The van der Waals surface area contributed by atoms with E-state index in [9.17, 15) is 18.8 Å². The number of aromatic nitrogens is 3. The monoisotopic (exact) mass is 415 g/mol. The van der Waals surface area contributed by atoms with Crippen molar-refractivity contribution in [2.75, 3.05) is 4.90 Å². The van der Waals surface area contributed by atoms with E-state index in [2.05, 4.69) is 10.4 Å². The van der Waals surface area contributed by atoms with Crippen molar-refractivity contribution >= 4 is 29.2 Å². The number of carbonyl (C=O) groups excluding carboxylic acids is 2. The van der Waals surface area contributed by atoms with Crippen LogP contribution in [0.4, 0.5) is 14.9 Å². The van der Waals surface area contributed by atoms with Crippen LogP contribution in [0.1, 0.15) is 11.4 Å². The maximum atomic E-state index is 13.1. The number of halogens is 2. The number of nitrogens with one attached hydrogen (secondary N) is 1. The number of hydrogen-bond donors (Lipinski definition) is 1. The SMILES string of the molecule is O=C(Cn1nc2n(c1=O)C(=O)N(c1ccccc1)C2)NCc1ccc(F)cc1Cl. The Hall–Kier alpha value is -3.46. The van der Waals surface area contributed by atoms with Gasteiger partial charge in [0.2, 0.25) is 5.91 Å². The fourth-order valence-electron chi connectivity index (χ4n) is 3.04. The predicted octanol–water partition coefficient (Wildman–Crippen LogP) is 2.14. The second kappa shape index (κ2) is 7.51. The maximum Gasteiger partial charge on any atom is 0.354 e. The minimum atomic E-state index is -0.682. The molecule has 29 heavy (non-hydrogen) atoms. The number of para-hydroxylation sites is 1. The normalized spacial score (nSPS) is 12.9. The van der Waals surface area contributed by atoms with Crippen molar-refractivity contribution in [1.29, 1.82) is 0 Å². The van der Waals surface area contributed by atoms with Gasteiger partial charge in [0.15, 0.2) is 5.82 Å². The Balaban J connectivity index is 1.44. The van der Waals surface area contributed by atoms with Gasteiger partial charge in [-0.05, 0) is 29.8 Å². The second-order valence-corrected chi connectivity index (χ2v) is 6.82. The zero-order valence-electron chi connectivity index (χ0n) is 15.0. The quantitative estimate of drug-likeness (QED) is 0.691. The van der Waals surface area contributed by atoms with Gasteiger partial charge < -0.3 is 5.32 Å². The lowest BCUT2D eigenvalue weighted by Crippen LogP contribution is -2.37. The molecule has 0 spiro atoms. The van der Waals surface area contributed by atoms with Crippen molar-refractivity contribution in [2.24, 2.45) is 0 Å². The van der Waals surface area contributed by atoms with E-state index in [-0.39, 0.29) is 30.5 Å². The molecule has 1 N–H and O–H groups in total. The van der Waals surface area contributed by atoms with Gasteiger partial charge in [0.25, 0.3) is 0 Å². The van der Waals surface area contributed by atoms with E-state index < -0.39 is 23.4 Å². The summed E-state index contributed by atoms with van der Waals surface area (Å²) in [4.78, 5) is 38.7. The van der Waals surface area contributed by atoms with Crippen LogP contribution in [0.2, 0.25) is 5.02 Å². The van der Waals surface area contributed by atoms with Gasteiger partial charge in [0, 0.05) is 17.3 Å². The Morgan fingerprint density at radius 1 is 1.17 bits per heavy atom. The summed E-state index contributed by atoms with van der Waals surface area (Å²) in [5.41, 5.74) is 0.510. The van der Waals surface area contributed by atoms with Crippen LogP contribution in [-0.2, 0) is 24.4 Å². The highest BCUT2D eigenvalue weighted by Crippen LogP contribution is 2.21. The van der Waals surface area contributed by atoms with E-state index in [4.69, 9.17) is 11.6 Å². The van der Waals surface area contributed by atoms with Crippen molar-refractivity contribution in [1.82, 2.24) is 19.7 Å². The summed E-state index contributed by atoms with van der Waals surface area (Å²) in [5, 5.41) is 6.89. The van der Waals surface area contributed by atoms with Gasteiger partial charge in [-0.25, -0.2) is 18.7 Å². The highest BCUT2D eigenvalue weighted by molar-refractivity contribution is 6.31. The molecule has 1 aliphatic heterocycles. The summed E-state index contributed by atoms with van der Waals surface area (Å²) in [6.07, 6.45) is 0. The fourth-order valence-corrected chi connectivity index (χ4v) is 3.27. The summed E-state index contributed by atoms with van der Waals surface area (Å²) in [6, 6.07) is 12.3. The number of rotatable bonds is 5. The number of carbonyl (C=O) groups is 2. The number of fused-ring (bicyclic) bond motifs is 1. The first-order chi connectivity index (χ1) is 13.9. The van der Waals surface area contributed by atoms with Gasteiger partial charge in [-0.3, -0.25) is 9.69 Å². The Morgan fingerprint density at radius 3 is 2.62 bits per heavy atom. The van der Waals surface area contributed by atoms with E-state index >= 15 is 0 Å². The maximum absolute atomic E-state index is 13.1. The summed E-state index contributed by atoms with van der Waals surface area (Å²) < 4.78 is 15.0. The molecule has 0 radical (unpaired) electrons. The van der Waals surface area contributed by atoms with Crippen LogP contribution in [0.3, 0.4) is 0 Å². The summed E-state index contributed by atoms with van der Waals surface area (Å²) in [7, 11) is 0. The molecule has 1 aliphatic rings. The van der Waals surface area contributed by atoms with Crippen LogP contribution in [0.25, 0.3) is 0 Å². The van der Waals surface area contributed by atoms with E-state index in [0.29, 0.717) is 11.3 Å². The topological polar surface area (TPSA) is 89.2 Å². The zero-order chi connectivity index (χ0) is 20.5. The third kappa shape index (κ3) is 3.64. The standard InChI is InChI=1S/C19H15ClFN5O3/c20-15-8-13(21)7-6-12(15)9-22-17(27)11-25-19(29)26-16(23-25)10-24(18(26)28)14-4-2-1-3-5-14/h1-8H,9-11H2,(H,22,27). The summed E-state index contributed by atoms with van der Waals surface area (Å²) >= 11 is 5.92. The average molecular weight is 416 g/mol. The van der Waals surface area contributed by atoms with Crippen LogP contribution >= 0.6 is 11.6 Å². The van der Waals surface area contributed by atoms with Crippen molar-refractivity contribution in [3.8, 4) is 0 Å². The Labute approximate surface area is 169 Å². The fraction of sp³-hybridized carbons (Fsp3) is 0.158. The van der Waals surface area contributed by atoms with Crippen LogP contribution < -0.4 is 15.9 Å². The van der Waals surface area contributed by atoms with Crippen molar-refractivity contribution < 1.29 is 14.0 Å². The molecule has 2 aromatic carbocycles. The van der Waals surface area contributed by atoms with E-state index in [1.54, 1.807) is 24.3 Å². The minimum Gasteiger partial charge on any atom is -0.350 e. The molecule has 0 bridgehead atoms. The lowest BCUT2D eigenvalue weighted by molar-refractivity contribution is -0.122. The molecule has 0 fully saturated rings. The molecule has 0 unspecified atom stereocenters. The van der Waals surface area contributed by atoms with E-state index in [1.165, 1.54) is 17.0 Å². The molecule has 0 saturated carbocycles. The van der Waals surface area contributed by atoms with Gasteiger partial charge in [-0.1, -0.05) is 35.9 Å². The van der Waals surface area contributed by atoms with Crippen LogP contribution in [0.15, 0.2) is 53.3 Å². The van der Waals surface area contributed by atoms with Gasteiger partial charge in [-0.15, -0.1) is 0 Å². The van der Waals surface area contributed by atoms with Gasteiger partial charge in [0.1, 0.15) is 12.4 Å². The third-order valence-electron chi connectivity index (χ3n) is 4.48. The Kier molecular flexibility index (Phi) is 4.89. The molecule has 0 atom stereocenters. The summed E-state index contributed by atoms with van der Waals surface area (Å²) in [5.74, 6) is -0.701. The predicted molar refractivity (Wildman–Crippen MR) is 103 cm³/mol. The number of anilines is 1. The molecular weight excluding hydrogens is 401 g/mol. The summed E-state index contributed by atoms with van der Waals surface area (Å²) in [6.45, 7) is -0.144. The van der Waals surface area contributed by atoms with Crippen molar-refractivity contribution in [3.63, 3.8) is 0 Å². The number of amides is 2. The molecule has 3 aromatic rings. The van der Waals surface area contributed by atoms with Crippen LogP contribution in [-0.4, -0.2) is 26.3 Å². The number of benzene rings is 2. The first kappa shape index (κ1) is 18.9. The highest BCUT2D eigenvalue weighted by Gasteiger charge is 2.33. The van der Waals surface area contributed by atoms with E-state index in [1.807, 2.05) is 6.07 Å². The first-order valence-electron chi connectivity index (χ1n) is 8.70. The van der Waals surface area contributed by atoms with Crippen molar-refractivity contribution in [2.45, 2.75) is 19.6 Å². The van der Waals surface area contributed by atoms with Crippen LogP contribution in [0, 0.1) is 5.82 Å². The highest BCUT2D eigenvalue weighted by atomic mass is 35.5. The molecule has 1 aromatic heterocycles. The Bertz CT molecular complexity index is 1160. The molecular formula is C19H15ClFN5O3. The lowest BCUT2D eigenvalue weighted by Gasteiger charge is -2.14. The minimum absolute atomic E-state index is 0.0704. The number of nitrogens with zero attached hydrogens (tertiary/aromatic N) is 4. The zero-order valence-corrected chi connectivity index (χ0v) is 15.8. The Morgan fingerprint density at radius 2 is 1.93 bits per heavy atom. The molecule has 0 aliphatic carbocycles. The van der Waals surface area contributed by atoms with E-state index in [0.717, 1.165) is 15.3 Å². The van der Waals surface area contributed by atoms with Gasteiger partial charge in [0.05, 0.1) is 6.54 Å². The molecule has 10 heteroatoms. The molecule has 2 heterocycles. The molecule has 2 amide bonds. The lowest BCUT2D eigenvalue weighted by atomic mass is 10.2. The van der Waals surface area contributed by atoms with Gasteiger partial charge >= 0.3 is 11.7 Å². The second-order valence-electron chi connectivity index (χ2n) is 6.41. The third-order valence-corrected chi connectivity index (χ3v) is 4.83. The smallest absolute Gasteiger partial charge is 0.350 e. The first-order valence-corrected chi connectivity index (χ1v) is 9.08.